The first kappa shape index (κ1) is 29.6. The maximum Gasteiger partial charge on any atom is 0.211 e. The van der Waals surface area contributed by atoms with Crippen molar-refractivity contribution in [1.29, 1.82) is 0 Å². The van der Waals surface area contributed by atoms with Gasteiger partial charge in [0.2, 0.25) is 10.0 Å². The Bertz CT molecular complexity index is 1930. The average molecular weight is 623 g/mol. The van der Waals surface area contributed by atoms with Crippen LogP contribution in [-0.2, 0) is 23.1 Å². The summed E-state index contributed by atoms with van der Waals surface area (Å²) in [5.74, 6) is -0.558. The Morgan fingerprint density at radius 2 is 1.70 bits per heavy atom. The summed E-state index contributed by atoms with van der Waals surface area (Å²) < 4.78 is 57.2. The fourth-order valence-corrected chi connectivity index (χ4v) is 7.75. The first-order valence-electron chi connectivity index (χ1n) is 14.2. The minimum Gasteiger partial charge on any atom is -0.391 e. The summed E-state index contributed by atoms with van der Waals surface area (Å²) in [7, 11) is -3.21. The number of halogens is 2. The van der Waals surface area contributed by atoms with Crippen LogP contribution in [0.5, 0.6) is 0 Å². The fraction of sp³-hybridized carbons (Fsp3) is 0.312. The number of nitrogens with zero attached hydrogens (tertiary/aromatic N) is 4. The Balaban J connectivity index is 1.38. The van der Waals surface area contributed by atoms with Crippen molar-refractivity contribution in [2.75, 3.05) is 19.3 Å². The number of benzene rings is 2. The van der Waals surface area contributed by atoms with E-state index in [1.807, 2.05) is 23.5 Å². The zero-order chi connectivity index (χ0) is 30.5. The number of aliphatic hydroxyl groups is 1. The minimum absolute atomic E-state index is 0.212. The van der Waals surface area contributed by atoms with Gasteiger partial charge in [-0.25, -0.2) is 31.5 Å². The van der Waals surface area contributed by atoms with Crippen LogP contribution in [0.2, 0.25) is 0 Å². The van der Waals surface area contributed by atoms with Crippen LogP contribution in [0.3, 0.4) is 0 Å². The molecule has 4 heterocycles. The van der Waals surface area contributed by atoms with Gasteiger partial charge in [0, 0.05) is 36.0 Å². The summed E-state index contributed by atoms with van der Waals surface area (Å²) in [6, 6.07) is 13.5. The number of pyridine rings is 1. The van der Waals surface area contributed by atoms with Crippen LogP contribution < -0.4 is 0 Å². The number of hydrogen-bond acceptors (Lipinski definition) is 6. The lowest BCUT2D eigenvalue weighted by molar-refractivity contribution is 0.286. The SMILES string of the molecule is CCc1nc2ccc(C3CCN(S(C)(=O)=O)CC3)cn2c1-c1ccc(-c2nc(-c3ccc(F)cc3)c(CO)s2)c(F)c1C. The summed E-state index contributed by atoms with van der Waals surface area (Å²) in [5.41, 5.74) is 6.24. The van der Waals surface area contributed by atoms with Crippen molar-refractivity contribution < 1.29 is 22.3 Å². The first-order chi connectivity index (χ1) is 20.6. The van der Waals surface area contributed by atoms with Crippen molar-refractivity contribution >= 4 is 27.0 Å². The van der Waals surface area contributed by atoms with E-state index in [0.29, 0.717) is 51.8 Å². The van der Waals surface area contributed by atoms with Gasteiger partial charge in [0.1, 0.15) is 22.3 Å². The van der Waals surface area contributed by atoms with Gasteiger partial charge in [-0.15, -0.1) is 11.3 Å². The van der Waals surface area contributed by atoms with Crippen LogP contribution in [0.15, 0.2) is 54.7 Å². The highest BCUT2D eigenvalue weighted by molar-refractivity contribution is 7.88. The molecular weight excluding hydrogens is 591 g/mol. The van der Waals surface area contributed by atoms with Gasteiger partial charge in [0.15, 0.2) is 0 Å². The van der Waals surface area contributed by atoms with E-state index in [0.717, 1.165) is 41.0 Å². The average Bonchev–Trinajstić information content (AvgIpc) is 3.60. The Kier molecular flexibility index (Phi) is 7.93. The van der Waals surface area contributed by atoms with E-state index in [4.69, 9.17) is 4.98 Å². The molecule has 0 radical (unpaired) electrons. The number of imidazole rings is 1. The molecule has 1 aliphatic heterocycles. The second kappa shape index (κ2) is 11.5. The molecule has 0 bridgehead atoms. The number of rotatable bonds is 7. The van der Waals surface area contributed by atoms with Crippen LogP contribution >= 0.6 is 11.3 Å². The van der Waals surface area contributed by atoms with Crippen molar-refractivity contribution in [3.8, 4) is 33.1 Å². The molecule has 2 aromatic carbocycles. The monoisotopic (exact) mass is 622 g/mol. The molecule has 7 nitrogen and oxygen atoms in total. The number of hydrogen-bond donors (Lipinski definition) is 1. The highest BCUT2D eigenvalue weighted by Gasteiger charge is 2.27. The van der Waals surface area contributed by atoms with Gasteiger partial charge in [-0.05, 0) is 79.6 Å². The molecule has 5 aromatic rings. The van der Waals surface area contributed by atoms with Gasteiger partial charge in [-0.3, -0.25) is 4.40 Å². The molecule has 3 aromatic heterocycles. The van der Waals surface area contributed by atoms with Gasteiger partial charge < -0.3 is 5.11 Å². The molecule has 6 rings (SSSR count). The second-order valence-electron chi connectivity index (χ2n) is 10.9. The van der Waals surface area contributed by atoms with E-state index in [2.05, 4.69) is 17.2 Å². The highest BCUT2D eigenvalue weighted by atomic mass is 32.2. The Hall–Kier alpha value is -3.51. The minimum atomic E-state index is -3.21. The third kappa shape index (κ3) is 5.50. The Morgan fingerprint density at radius 1 is 1.00 bits per heavy atom. The zero-order valence-corrected chi connectivity index (χ0v) is 25.8. The van der Waals surface area contributed by atoms with Gasteiger partial charge >= 0.3 is 0 Å². The van der Waals surface area contributed by atoms with Gasteiger partial charge in [-0.2, -0.15) is 0 Å². The smallest absolute Gasteiger partial charge is 0.211 e. The van der Waals surface area contributed by atoms with E-state index in [1.54, 1.807) is 25.1 Å². The summed E-state index contributed by atoms with van der Waals surface area (Å²) >= 11 is 1.21. The molecule has 0 spiro atoms. The van der Waals surface area contributed by atoms with E-state index < -0.39 is 15.8 Å². The van der Waals surface area contributed by atoms with Crippen molar-refractivity contribution in [2.24, 2.45) is 0 Å². The van der Waals surface area contributed by atoms with Crippen LogP contribution in [0.4, 0.5) is 8.78 Å². The molecule has 0 unspecified atom stereocenters. The molecule has 0 aliphatic carbocycles. The molecule has 0 atom stereocenters. The largest absolute Gasteiger partial charge is 0.391 e. The molecule has 0 amide bonds. The normalized spacial score (nSPS) is 15.0. The third-order valence-corrected chi connectivity index (χ3v) is 10.6. The quantitative estimate of drug-likeness (QED) is 0.222. The van der Waals surface area contributed by atoms with Crippen LogP contribution in [0, 0.1) is 18.6 Å². The lowest BCUT2D eigenvalue weighted by atomic mass is 9.91. The number of aromatic nitrogens is 3. The van der Waals surface area contributed by atoms with Gasteiger partial charge in [0.25, 0.3) is 0 Å². The fourth-order valence-electron chi connectivity index (χ4n) is 5.92. The summed E-state index contributed by atoms with van der Waals surface area (Å²) in [4.78, 5) is 10.1. The van der Waals surface area contributed by atoms with Gasteiger partial charge in [0.05, 0.1) is 34.8 Å². The first-order valence-corrected chi connectivity index (χ1v) is 16.9. The third-order valence-electron chi connectivity index (χ3n) is 8.27. The molecular formula is C32H32F2N4O3S2. The molecule has 43 heavy (non-hydrogen) atoms. The van der Waals surface area contributed by atoms with E-state index in [9.17, 15) is 17.9 Å². The van der Waals surface area contributed by atoms with Gasteiger partial charge in [-0.1, -0.05) is 19.1 Å². The van der Waals surface area contributed by atoms with Crippen LogP contribution in [0.1, 0.15) is 47.4 Å². The molecule has 1 N–H and O–H groups in total. The Morgan fingerprint density at radius 3 is 2.35 bits per heavy atom. The Labute approximate surface area is 253 Å². The summed E-state index contributed by atoms with van der Waals surface area (Å²) in [5, 5.41) is 10.4. The maximum atomic E-state index is 16.2. The molecule has 1 aliphatic rings. The molecule has 11 heteroatoms. The second-order valence-corrected chi connectivity index (χ2v) is 14.0. The predicted octanol–water partition coefficient (Wildman–Crippen LogP) is 6.57. The number of sulfonamides is 1. The summed E-state index contributed by atoms with van der Waals surface area (Å²) in [6.07, 6.45) is 5.44. The van der Waals surface area contributed by atoms with Crippen molar-refractivity contribution in [1.82, 2.24) is 18.7 Å². The lowest BCUT2D eigenvalue weighted by Gasteiger charge is -2.30. The molecule has 224 valence electrons. The van der Waals surface area contributed by atoms with Crippen LogP contribution in [0.25, 0.3) is 38.7 Å². The number of thiazole rings is 1. The lowest BCUT2D eigenvalue weighted by Crippen LogP contribution is -2.37. The topological polar surface area (TPSA) is 87.8 Å². The van der Waals surface area contributed by atoms with Crippen LogP contribution in [-0.4, -0.2) is 51.5 Å². The zero-order valence-electron chi connectivity index (χ0n) is 24.1. The number of aliphatic hydroxyl groups excluding tert-OH is 1. The van der Waals surface area contributed by atoms with E-state index in [1.165, 1.54) is 34.0 Å². The molecule has 0 saturated carbocycles. The van der Waals surface area contributed by atoms with Crippen molar-refractivity contribution in [3.05, 3.63) is 88.1 Å². The standard InChI is InChI=1S/C32H32F2N4O3S2/c1-4-26-31(38-17-22(7-12-28(38)35-26)20-13-15-37(16-14-20)43(3,40)41)24-10-11-25(29(34)19(24)2)32-36-30(27(18-39)42-32)21-5-8-23(33)9-6-21/h5-12,17,20,39H,4,13-16,18H2,1-3H3. The predicted molar refractivity (Wildman–Crippen MR) is 166 cm³/mol. The van der Waals surface area contributed by atoms with Crippen molar-refractivity contribution in [3.63, 3.8) is 0 Å². The van der Waals surface area contributed by atoms with E-state index >= 15 is 4.39 Å². The number of piperidine rings is 1. The summed E-state index contributed by atoms with van der Waals surface area (Å²) in [6.45, 7) is 4.49. The molecule has 1 fully saturated rings. The number of fused-ring (bicyclic) bond motifs is 1. The maximum absolute atomic E-state index is 16.2. The molecule has 1 saturated heterocycles. The highest BCUT2D eigenvalue weighted by Crippen LogP contribution is 2.39. The number of aryl methyl sites for hydroxylation is 1. The van der Waals surface area contributed by atoms with E-state index in [-0.39, 0.29) is 18.3 Å². The van der Waals surface area contributed by atoms with Crippen molar-refractivity contribution in [2.45, 2.75) is 45.6 Å².